The van der Waals surface area contributed by atoms with Crippen LogP contribution in [0.3, 0.4) is 0 Å². The van der Waals surface area contributed by atoms with Crippen LogP contribution in [0.25, 0.3) is 10.9 Å². The number of rotatable bonds is 6. The van der Waals surface area contributed by atoms with Crippen LogP contribution in [0.4, 0.5) is 0 Å². The van der Waals surface area contributed by atoms with Crippen LogP contribution in [-0.2, 0) is 11.2 Å². The molecule has 1 amide bonds. The van der Waals surface area contributed by atoms with E-state index in [9.17, 15) is 9.59 Å². The molecular weight excluding hydrogens is 358 g/mol. The number of aromatic amines is 1. The fourth-order valence-electron chi connectivity index (χ4n) is 3.15. The first-order chi connectivity index (χ1) is 13.7. The molecule has 1 unspecified atom stereocenters. The third kappa shape index (κ3) is 4.14. The van der Waals surface area contributed by atoms with E-state index in [2.05, 4.69) is 15.3 Å². The summed E-state index contributed by atoms with van der Waals surface area (Å²) in [4.78, 5) is 31.4. The molecule has 0 saturated carbocycles. The van der Waals surface area contributed by atoms with Gasteiger partial charge in [-0.1, -0.05) is 24.3 Å². The van der Waals surface area contributed by atoms with Crippen molar-refractivity contribution < 1.29 is 14.3 Å². The smallest absolute Gasteiger partial charge is 0.258 e. The van der Waals surface area contributed by atoms with Crippen molar-refractivity contribution in [2.45, 2.75) is 25.4 Å². The number of H-pyrrole nitrogens is 1. The first-order valence-electron chi connectivity index (χ1n) is 9.32. The molecule has 0 spiro atoms. The minimum Gasteiger partial charge on any atom is -0.486 e. The fraction of sp³-hybridized carbons (Fsp3) is 0.286. The average molecular weight is 379 g/mol. The summed E-state index contributed by atoms with van der Waals surface area (Å²) in [5.74, 6) is 1.95. The van der Waals surface area contributed by atoms with Crippen LogP contribution in [0.15, 0.2) is 53.3 Å². The van der Waals surface area contributed by atoms with E-state index in [4.69, 9.17) is 9.47 Å². The van der Waals surface area contributed by atoms with E-state index in [1.165, 1.54) is 0 Å². The Morgan fingerprint density at radius 3 is 2.82 bits per heavy atom. The van der Waals surface area contributed by atoms with Crippen molar-refractivity contribution in [1.82, 2.24) is 15.3 Å². The maximum absolute atomic E-state index is 12.1. The van der Waals surface area contributed by atoms with E-state index >= 15 is 0 Å². The highest BCUT2D eigenvalue weighted by Gasteiger charge is 2.20. The van der Waals surface area contributed by atoms with Crippen LogP contribution in [0.1, 0.15) is 18.7 Å². The Balaban J connectivity index is 1.24. The van der Waals surface area contributed by atoms with Gasteiger partial charge < -0.3 is 19.8 Å². The number of para-hydroxylation sites is 3. The van der Waals surface area contributed by atoms with Crippen molar-refractivity contribution in [3.05, 3.63) is 64.7 Å². The number of aromatic nitrogens is 2. The number of amides is 1. The minimum absolute atomic E-state index is 0.0643. The van der Waals surface area contributed by atoms with Crippen molar-refractivity contribution in [2.75, 3.05) is 13.2 Å². The third-order valence-corrected chi connectivity index (χ3v) is 4.57. The lowest BCUT2D eigenvalue weighted by atomic mass is 10.2. The SMILES string of the molecule is O=C(CCCc1nc2ccccc2c(=O)[nH]1)NCC1COc2ccccc2O1. The summed E-state index contributed by atoms with van der Waals surface area (Å²) < 4.78 is 11.5. The molecule has 1 atom stereocenters. The number of aryl methyl sites for hydroxylation is 1. The molecule has 7 nitrogen and oxygen atoms in total. The second kappa shape index (κ2) is 8.12. The molecule has 3 aromatic rings. The number of ether oxygens (including phenoxy) is 2. The monoisotopic (exact) mass is 379 g/mol. The molecule has 1 aliphatic rings. The Bertz CT molecular complexity index is 1050. The predicted octanol–water partition coefficient (Wildman–Crippen LogP) is 2.20. The molecule has 0 bridgehead atoms. The molecule has 0 aliphatic carbocycles. The zero-order valence-electron chi connectivity index (χ0n) is 15.3. The fourth-order valence-corrected chi connectivity index (χ4v) is 3.15. The molecule has 1 aliphatic heterocycles. The van der Waals surface area contributed by atoms with E-state index in [1.54, 1.807) is 6.07 Å². The number of hydrogen-bond donors (Lipinski definition) is 2. The number of hydrogen-bond acceptors (Lipinski definition) is 5. The van der Waals surface area contributed by atoms with Crippen LogP contribution >= 0.6 is 0 Å². The minimum atomic E-state index is -0.211. The van der Waals surface area contributed by atoms with E-state index < -0.39 is 0 Å². The molecule has 2 heterocycles. The lowest BCUT2D eigenvalue weighted by Gasteiger charge is -2.26. The van der Waals surface area contributed by atoms with Crippen molar-refractivity contribution in [1.29, 1.82) is 0 Å². The number of carbonyl (C=O) groups is 1. The van der Waals surface area contributed by atoms with Gasteiger partial charge in [-0.05, 0) is 30.7 Å². The Hall–Kier alpha value is -3.35. The number of fused-ring (bicyclic) bond motifs is 2. The zero-order chi connectivity index (χ0) is 19.3. The highest BCUT2D eigenvalue weighted by atomic mass is 16.6. The summed E-state index contributed by atoms with van der Waals surface area (Å²) >= 11 is 0. The number of benzene rings is 2. The lowest BCUT2D eigenvalue weighted by Crippen LogP contribution is -2.40. The topological polar surface area (TPSA) is 93.3 Å². The molecule has 0 radical (unpaired) electrons. The largest absolute Gasteiger partial charge is 0.486 e. The lowest BCUT2D eigenvalue weighted by molar-refractivity contribution is -0.121. The number of carbonyl (C=O) groups excluding carboxylic acids is 1. The van der Waals surface area contributed by atoms with Gasteiger partial charge in [0.25, 0.3) is 5.56 Å². The molecule has 0 saturated heterocycles. The summed E-state index contributed by atoms with van der Waals surface area (Å²) in [5.41, 5.74) is 0.514. The Labute approximate surface area is 161 Å². The summed E-state index contributed by atoms with van der Waals surface area (Å²) in [6.07, 6.45) is 1.26. The normalized spacial score (nSPS) is 15.4. The quantitative estimate of drug-likeness (QED) is 0.685. The van der Waals surface area contributed by atoms with Crippen LogP contribution in [-0.4, -0.2) is 35.1 Å². The Morgan fingerprint density at radius 1 is 1.14 bits per heavy atom. The number of nitrogens with zero attached hydrogens (tertiary/aromatic N) is 1. The third-order valence-electron chi connectivity index (χ3n) is 4.57. The van der Waals surface area contributed by atoms with Crippen molar-refractivity contribution >= 4 is 16.8 Å². The van der Waals surface area contributed by atoms with Crippen molar-refractivity contribution in [3.63, 3.8) is 0 Å². The molecule has 2 N–H and O–H groups in total. The summed E-state index contributed by atoms with van der Waals surface area (Å²) in [6.45, 7) is 0.789. The van der Waals surface area contributed by atoms with Gasteiger partial charge >= 0.3 is 0 Å². The predicted molar refractivity (Wildman–Crippen MR) is 105 cm³/mol. The Kier molecular flexibility index (Phi) is 5.23. The van der Waals surface area contributed by atoms with Gasteiger partial charge in [0.05, 0.1) is 17.4 Å². The van der Waals surface area contributed by atoms with Crippen molar-refractivity contribution in [2.24, 2.45) is 0 Å². The molecule has 0 fully saturated rings. The first-order valence-corrected chi connectivity index (χ1v) is 9.32. The second-order valence-corrected chi connectivity index (χ2v) is 6.69. The standard InChI is InChI=1S/C21H21N3O4/c25-20(22-12-14-13-27-17-8-3-4-9-18(17)28-14)11-5-10-19-23-16-7-2-1-6-15(16)21(26)24-19/h1-4,6-9,14H,5,10-13H2,(H,22,25)(H,23,24,26). The van der Waals surface area contributed by atoms with Gasteiger partial charge in [0, 0.05) is 12.8 Å². The molecule has 28 heavy (non-hydrogen) atoms. The highest BCUT2D eigenvalue weighted by molar-refractivity contribution is 5.77. The van der Waals surface area contributed by atoms with Gasteiger partial charge in [-0.25, -0.2) is 4.98 Å². The van der Waals surface area contributed by atoms with Crippen LogP contribution in [0, 0.1) is 0 Å². The highest BCUT2D eigenvalue weighted by Crippen LogP contribution is 2.30. The van der Waals surface area contributed by atoms with Crippen LogP contribution in [0.5, 0.6) is 11.5 Å². The molecule has 4 rings (SSSR count). The van der Waals surface area contributed by atoms with E-state index in [1.807, 2.05) is 42.5 Å². The summed E-state index contributed by atoms with van der Waals surface area (Å²) in [6, 6.07) is 14.7. The molecule has 7 heteroatoms. The summed E-state index contributed by atoms with van der Waals surface area (Å²) in [5, 5.41) is 3.44. The summed E-state index contributed by atoms with van der Waals surface area (Å²) in [7, 11) is 0. The maximum atomic E-state index is 12.1. The first kappa shape index (κ1) is 18.0. The van der Waals surface area contributed by atoms with Gasteiger partial charge in [-0.15, -0.1) is 0 Å². The zero-order valence-corrected chi connectivity index (χ0v) is 15.3. The van der Waals surface area contributed by atoms with Crippen LogP contribution in [0.2, 0.25) is 0 Å². The van der Waals surface area contributed by atoms with Crippen LogP contribution < -0.4 is 20.3 Å². The molecule has 1 aromatic heterocycles. The molecular formula is C21H21N3O4. The van der Waals surface area contributed by atoms with Gasteiger partial charge in [0.1, 0.15) is 18.5 Å². The van der Waals surface area contributed by atoms with E-state index in [0.29, 0.717) is 54.9 Å². The van der Waals surface area contributed by atoms with Gasteiger partial charge in [0.2, 0.25) is 5.91 Å². The van der Waals surface area contributed by atoms with E-state index in [0.717, 1.165) is 5.75 Å². The second-order valence-electron chi connectivity index (χ2n) is 6.69. The van der Waals surface area contributed by atoms with E-state index in [-0.39, 0.29) is 17.6 Å². The molecule has 2 aromatic carbocycles. The van der Waals surface area contributed by atoms with Crippen molar-refractivity contribution in [3.8, 4) is 11.5 Å². The van der Waals surface area contributed by atoms with Gasteiger partial charge in [-0.2, -0.15) is 0 Å². The van der Waals surface area contributed by atoms with Gasteiger partial charge in [0.15, 0.2) is 11.5 Å². The Morgan fingerprint density at radius 2 is 1.93 bits per heavy atom. The number of nitrogens with one attached hydrogen (secondary N) is 2. The maximum Gasteiger partial charge on any atom is 0.258 e. The average Bonchev–Trinajstić information content (AvgIpc) is 2.72. The van der Waals surface area contributed by atoms with Gasteiger partial charge in [-0.3, -0.25) is 9.59 Å². The molecule has 144 valence electrons.